The van der Waals surface area contributed by atoms with Gasteiger partial charge in [-0.05, 0) is 36.4 Å². The summed E-state index contributed by atoms with van der Waals surface area (Å²) in [5, 5.41) is 8.53. The van der Waals surface area contributed by atoms with Crippen molar-refractivity contribution >= 4 is 15.7 Å². The Balaban J connectivity index is 2.26. The Morgan fingerprint density at radius 2 is 1.56 bits per heavy atom. The fourth-order valence-electron chi connectivity index (χ4n) is 2.13. The highest BCUT2D eigenvalue weighted by molar-refractivity contribution is 7.91. The standard InChI is InChI=1S/C16H15F3N2O5S/c17-16(18,19)15(20,14(22)21-23)10-27(24,25)13-8-6-12(7-9-13)26-11-4-2-1-3-5-11/h1-9,23H,10,20H2,(H,21,22)/p+1/t15-/m1/s1. The van der Waals surface area contributed by atoms with E-state index >= 15 is 0 Å². The van der Waals surface area contributed by atoms with Gasteiger partial charge in [-0.25, -0.2) is 13.9 Å². The Labute approximate surface area is 152 Å². The van der Waals surface area contributed by atoms with Crippen molar-refractivity contribution in [2.24, 2.45) is 0 Å². The molecule has 0 radical (unpaired) electrons. The fraction of sp³-hybridized carbons (Fsp3) is 0.188. The molecule has 2 aromatic rings. The molecule has 0 bridgehead atoms. The minimum absolute atomic E-state index is 0.268. The quantitative estimate of drug-likeness (QED) is 0.494. The van der Waals surface area contributed by atoms with Crippen LogP contribution in [0.15, 0.2) is 59.5 Å². The van der Waals surface area contributed by atoms with Crippen molar-refractivity contribution < 1.29 is 42.1 Å². The Kier molecular flexibility index (Phi) is 5.78. The zero-order valence-corrected chi connectivity index (χ0v) is 14.5. The van der Waals surface area contributed by atoms with Gasteiger partial charge in [-0.3, -0.25) is 10.0 Å². The average molecular weight is 405 g/mol. The van der Waals surface area contributed by atoms with Gasteiger partial charge in [-0.15, -0.1) is 0 Å². The third-order valence-electron chi connectivity index (χ3n) is 3.68. The van der Waals surface area contributed by atoms with Crippen molar-refractivity contribution in [3.63, 3.8) is 0 Å². The summed E-state index contributed by atoms with van der Waals surface area (Å²) < 4.78 is 69.7. The molecule has 2 rings (SSSR count). The number of alkyl halides is 3. The molecule has 0 unspecified atom stereocenters. The maximum absolute atomic E-state index is 13.2. The molecule has 27 heavy (non-hydrogen) atoms. The van der Waals surface area contributed by atoms with Crippen LogP contribution in [0.25, 0.3) is 0 Å². The van der Waals surface area contributed by atoms with Crippen LogP contribution in [-0.2, 0) is 14.6 Å². The van der Waals surface area contributed by atoms with E-state index in [9.17, 15) is 26.4 Å². The SMILES string of the molecule is [NH3+][C@](CS(=O)(=O)c1ccc(Oc2ccccc2)cc1)(C(=O)NO)C(F)(F)F. The van der Waals surface area contributed by atoms with E-state index in [2.05, 4.69) is 5.73 Å². The summed E-state index contributed by atoms with van der Waals surface area (Å²) in [5.74, 6) is -2.89. The van der Waals surface area contributed by atoms with Gasteiger partial charge < -0.3 is 10.5 Å². The van der Waals surface area contributed by atoms with E-state index < -0.39 is 38.1 Å². The Morgan fingerprint density at radius 1 is 1.04 bits per heavy atom. The van der Waals surface area contributed by atoms with E-state index in [1.807, 2.05) is 0 Å². The van der Waals surface area contributed by atoms with Crippen LogP contribution in [0.2, 0.25) is 0 Å². The molecular weight excluding hydrogens is 389 g/mol. The fourth-order valence-corrected chi connectivity index (χ4v) is 3.79. The number of sulfone groups is 1. The maximum Gasteiger partial charge on any atom is 0.455 e. The van der Waals surface area contributed by atoms with Gasteiger partial charge in [0.2, 0.25) is 0 Å². The van der Waals surface area contributed by atoms with Crippen molar-refractivity contribution in [3.05, 3.63) is 54.6 Å². The summed E-state index contributed by atoms with van der Waals surface area (Å²) >= 11 is 0. The summed E-state index contributed by atoms with van der Waals surface area (Å²) in [6.45, 7) is 0. The van der Waals surface area contributed by atoms with Crippen LogP contribution in [0, 0.1) is 0 Å². The zero-order chi connectivity index (χ0) is 20.3. The van der Waals surface area contributed by atoms with Gasteiger partial charge in [-0.1, -0.05) is 18.2 Å². The van der Waals surface area contributed by atoms with E-state index in [0.29, 0.717) is 5.75 Å². The minimum Gasteiger partial charge on any atom is -0.457 e. The number of ether oxygens (including phenoxy) is 1. The molecule has 1 amide bonds. The number of hydrogen-bond donors (Lipinski definition) is 3. The van der Waals surface area contributed by atoms with Gasteiger partial charge in [0.1, 0.15) is 17.3 Å². The van der Waals surface area contributed by atoms with Crippen LogP contribution < -0.4 is 16.0 Å². The first kappa shape index (κ1) is 20.7. The largest absolute Gasteiger partial charge is 0.457 e. The van der Waals surface area contributed by atoms with Gasteiger partial charge in [0.25, 0.3) is 5.54 Å². The molecule has 7 nitrogen and oxygen atoms in total. The predicted molar refractivity (Wildman–Crippen MR) is 86.6 cm³/mol. The summed E-state index contributed by atoms with van der Waals surface area (Å²) in [4.78, 5) is 11.0. The second-order valence-corrected chi connectivity index (χ2v) is 7.66. The molecule has 1 atom stereocenters. The molecule has 0 aliphatic rings. The molecule has 11 heteroatoms. The van der Waals surface area contributed by atoms with E-state index in [-0.39, 0.29) is 5.75 Å². The van der Waals surface area contributed by atoms with E-state index in [4.69, 9.17) is 9.94 Å². The summed E-state index contributed by atoms with van der Waals surface area (Å²) in [6.07, 6.45) is -5.30. The monoisotopic (exact) mass is 405 g/mol. The first-order valence-corrected chi connectivity index (χ1v) is 9.07. The molecule has 2 aromatic carbocycles. The van der Waals surface area contributed by atoms with Gasteiger partial charge >= 0.3 is 12.1 Å². The highest BCUT2D eigenvalue weighted by atomic mass is 32.2. The molecule has 0 saturated heterocycles. The number of benzene rings is 2. The third-order valence-corrected chi connectivity index (χ3v) is 5.54. The van der Waals surface area contributed by atoms with Crippen molar-refractivity contribution in [2.45, 2.75) is 16.6 Å². The van der Waals surface area contributed by atoms with Crippen LogP contribution in [0.4, 0.5) is 13.2 Å². The highest BCUT2D eigenvalue weighted by Gasteiger charge is 2.64. The Hall–Kier alpha value is -2.63. The van der Waals surface area contributed by atoms with Crippen LogP contribution in [-0.4, -0.2) is 37.0 Å². The second-order valence-electron chi connectivity index (χ2n) is 5.67. The van der Waals surface area contributed by atoms with Crippen molar-refractivity contribution in [2.75, 3.05) is 5.75 Å². The summed E-state index contributed by atoms with van der Waals surface area (Å²) in [5.41, 5.74) is -0.0582. The lowest BCUT2D eigenvalue weighted by molar-refractivity contribution is -0.511. The number of amides is 1. The van der Waals surface area contributed by atoms with Gasteiger partial charge in [0.15, 0.2) is 9.84 Å². The summed E-state index contributed by atoms with van der Waals surface area (Å²) in [6, 6.07) is 13.2. The Morgan fingerprint density at radius 3 is 2.04 bits per heavy atom. The van der Waals surface area contributed by atoms with Gasteiger partial charge in [-0.2, -0.15) is 13.2 Å². The Bertz CT molecular complexity index is 902. The van der Waals surface area contributed by atoms with Crippen LogP contribution in [0.3, 0.4) is 0 Å². The molecule has 0 heterocycles. The first-order valence-electron chi connectivity index (χ1n) is 7.42. The lowest BCUT2D eigenvalue weighted by atomic mass is 10.0. The zero-order valence-electron chi connectivity index (χ0n) is 13.7. The number of hydroxylamine groups is 1. The van der Waals surface area contributed by atoms with E-state index in [0.717, 1.165) is 17.6 Å². The maximum atomic E-state index is 13.2. The average Bonchev–Trinajstić information content (AvgIpc) is 2.61. The molecule has 0 aromatic heterocycles. The molecule has 0 spiro atoms. The van der Waals surface area contributed by atoms with Crippen molar-refractivity contribution in [3.8, 4) is 11.5 Å². The summed E-state index contributed by atoms with van der Waals surface area (Å²) in [7, 11) is -4.56. The number of rotatable bonds is 6. The smallest absolute Gasteiger partial charge is 0.455 e. The van der Waals surface area contributed by atoms with Gasteiger partial charge in [0.05, 0.1) is 4.90 Å². The number of carbonyl (C=O) groups is 1. The number of carbonyl (C=O) groups excluding carboxylic acids is 1. The minimum atomic E-state index is -5.30. The van der Waals surface area contributed by atoms with E-state index in [1.165, 1.54) is 12.1 Å². The molecule has 0 aliphatic carbocycles. The van der Waals surface area contributed by atoms with E-state index in [1.54, 1.807) is 30.3 Å². The molecule has 0 saturated carbocycles. The van der Waals surface area contributed by atoms with Crippen LogP contribution in [0.5, 0.6) is 11.5 Å². The highest BCUT2D eigenvalue weighted by Crippen LogP contribution is 2.31. The normalized spacial score (nSPS) is 14.3. The first-order chi connectivity index (χ1) is 12.5. The second kappa shape index (κ2) is 7.55. The molecule has 5 N–H and O–H groups in total. The predicted octanol–water partition coefficient (Wildman–Crippen LogP) is 1.30. The lowest BCUT2D eigenvalue weighted by Crippen LogP contribution is -2.87. The van der Waals surface area contributed by atoms with Crippen molar-refractivity contribution in [1.82, 2.24) is 5.48 Å². The number of quaternary nitrogens is 1. The van der Waals surface area contributed by atoms with Crippen LogP contribution in [0.1, 0.15) is 0 Å². The lowest BCUT2D eigenvalue weighted by Gasteiger charge is -2.25. The third kappa shape index (κ3) is 4.56. The number of nitrogens with one attached hydrogen (secondary N) is 1. The molecule has 0 fully saturated rings. The molecular formula is C16H16F3N2O5S+. The van der Waals surface area contributed by atoms with Gasteiger partial charge in [0, 0.05) is 0 Å². The van der Waals surface area contributed by atoms with Crippen molar-refractivity contribution in [1.29, 1.82) is 0 Å². The number of hydrogen-bond acceptors (Lipinski definition) is 5. The number of halogens is 3. The topological polar surface area (TPSA) is 120 Å². The molecule has 0 aliphatic heterocycles. The number of para-hydroxylation sites is 1. The van der Waals surface area contributed by atoms with Crippen LogP contribution >= 0.6 is 0 Å². The molecule has 146 valence electrons.